The second-order valence-electron chi connectivity index (χ2n) is 5.01. The fraction of sp³-hybridized carbons (Fsp3) is 0.533. The third-order valence-corrected chi connectivity index (χ3v) is 3.69. The summed E-state index contributed by atoms with van der Waals surface area (Å²) in [5.41, 5.74) is 7.09. The van der Waals surface area contributed by atoms with Gasteiger partial charge < -0.3 is 20.1 Å². The molecule has 20 heavy (non-hydrogen) atoms. The Morgan fingerprint density at radius 1 is 1.35 bits per heavy atom. The van der Waals surface area contributed by atoms with Gasteiger partial charge in [0.15, 0.2) is 0 Å². The Morgan fingerprint density at radius 2 is 2.10 bits per heavy atom. The molecule has 110 valence electrons. The van der Waals surface area contributed by atoms with Crippen LogP contribution in [0.15, 0.2) is 18.2 Å². The van der Waals surface area contributed by atoms with E-state index in [1.807, 2.05) is 23.1 Å². The van der Waals surface area contributed by atoms with Gasteiger partial charge in [-0.2, -0.15) is 0 Å². The van der Waals surface area contributed by atoms with Crippen molar-refractivity contribution in [2.75, 3.05) is 20.8 Å². The number of methoxy groups -OCH3 is 2. The van der Waals surface area contributed by atoms with Crippen molar-refractivity contribution >= 4 is 5.91 Å². The normalized spacial score (nSPS) is 22.2. The van der Waals surface area contributed by atoms with E-state index in [0.717, 1.165) is 23.5 Å². The minimum Gasteiger partial charge on any atom is -0.497 e. The minimum absolute atomic E-state index is 0.106. The van der Waals surface area contributed by atoms with Crippen LogP contribution in [-0.4, -0.2) is 37.6 Å². The highest BCUT2D eigenvalue weighted by Gasteiger charge is 2.39. The van der Waals surface area contributed by atoms with E-state index < -0.39 is 0 Å². The predicted octanol–water partition coefficient (Wildman–Crippen LogP) is 1.71. The molecule has 5 nitrogen and oxygen atoms in total. The molecule has 2 unspecified atom stereocenters. The molecule has 1 aliphatic heterocycles. The van der Waals surface area contributed by atoms with Crippen LogP contribution in [0.3, 0.4) is 0 Å². The van der Waals surface area contributed by atoms with Crippen LogP contribution >= 0.6 is 0 Å². The SMILES string of the molecule is CCCN1C(=O)CC(N)C1c1cc(OC)ccc1OC. The highest BCUT2D eigenvalue weighted by atomic mass is 16.5. The van der Waals surface area contributed by atoms with E-state index >= 15 is 0 Å². The van der Waals surface area contributed by atoms with E-state index in [9.17, 15) is 4.79 Å². The molecule has 2 atom stereocenters. The Morgan fingerprint density at radius 3 is 2.70 bits per heavy atom. The van der Waals surface area contributed by atoms with Gasteiger partial charge in [-0.1, -0.05) is 6.92 Å². The van der Waals surface area contributed by atoms with E-state index in [1.54, 1.807) is 14.2 Å². The van der Waals surface area contributed by atoms with Crippen LogP contribution in [0.2, 0.25) is 0 Å². The van der Waals surface area contributed by atoms with Crippen molar-refractivity contribution in [3.63, 3.8) is 0 Å². The molecule has 2 rings (SSSR count). The average molecular weight is 278 g/mol. The third-order valence-electron chi connectivity index (χ3n) is 3.69. The molecule has 2 N–H and O–H groups in total. The summed E-state index contributed by atoms with van der Waals surface area (Å²) in [6.45, 7) is 2.76. The van der Waals surface area contributed by atoms with Crippen molar-refractivity contribution in [3.05, 3.63) is 23.8 Å². The highest BCUT2D eigenvalue weighted by Crippen LogP contribution is 2.38. The van der Waals surface area contributed by atoms with E-state index in [2.05, 4.69) is 6.92 Å². The Kier molecular flexibility index (Phi) is 4.49. The van der Waals surface area contributed by atoms with Crippen LogP contribution in [0.25, 0.3) is 0 Å². The first kappa shape index (κ1) is 14.7. The average Bonchev–Trinajstić information content (AvgIpc) is 2.73. The lowest BCUT2D eigenvalue weighted by molar-refractivity contribution is -0.129. The third kappa shape index (κ3) is 2.58. The molecule has 1 aromatic carbocycles. The standard InChI is InChI=1S/C15H22N2O3/c1-4-7-17-14(18)9-12(16)15(17)11-8-10(19-2)5-6-13(11)20-3/h5-6,8,12,15H,4,7,9,16H2,1-3H3. The van der Waals surface area contributed by atoms with Gasteiger partial charge in [-0.05, 0) is 24.6 Å². The van der Waals surface area contributed by atoms with Gasteiger partial charge in [0.05, 0.1) is 20.3 Å². The molecule has 1 fully saturated rings. The van der Waals surface area contributed by atoms with E-state index in [4.69, 9.17) is 15.2 Å². The molecule has 1 aliphatic rings. The highest BCUT2D eigenvalue weighted by molar-refractivity contribution is 5.80. The molecule has 5 heteroatoms. The number of rotatable bonds is 5. The number of carbonyl (C=O) groups is 1. The summed E-state index contributed by atoms with van der Waals surface area (Å²) >= 11 is 0. The molecule has 0 bridgehead atoms. The summed E-state index contributed by atoms with van der Waals surface area (Å²) in [5, 5.41) is 0. The quantitative estimate of drug-likeness (QED) is 0.890. The number of ether oxygens (including phenoxy) is 2. The number of nitrogens with two attached hydrogens (primary N) is 1. The Balaban J connectivity index is 2.43. The fourth-order valence-electron chi connectivity index (χ4n) is 2.79. The van der Waals surface area contributed by atoms with Gasteiger partial charge in [0, 0.05) is 24.6 Å². The molecule has 1 saturated heterocycles. The molecule has 0 spiro atoms. The number of likely N-dealkylation sites (tertiary alicyclic amines) is 1. The van der Waals surface area contributed by atoms with E-state index in [1.165, 1.54) is 0 Å². The zero-order chi connectivity index (χ0) is 14.7. The smallest absolute Gasteiger partial charge is 0.224 e. The van der Waals surface area contributed by atoms with Crippen LogP contribution in [0.5, 0.6) is 11.5 Å². The van der Waals surface area contributed by atoms with Crippen LogP contribution in [0.1, 0.15) is 31.4 Å². The van der Waals surface area contributed by atoms with Crippen LogP contribution in [0.4, 0.5) is 0 Å². The predicted molar refractivity (Wildman–Crippen MR) is 76.9 cm³/mol. The molecule has 0 aliphatic carbocycles. The number of amides is 1. The molecule has 0 saturated carbocycles. The number of carbonyl (C=O) groups excluding carboxylic acids is 1. The first-order chi connectivity index (χ1) is 9.62. The molecular formula is C15H22N2O3. The summed E-state index contributed by atoms with van der Waals surface area (Å²) in [5.74, 6) is 1.58. The fourth-order valence-corrected chi connectivity index (χ4v) is 2.79. The molecule has 0 aromatic heterocycles. The molecule has 1 heterocycles. The van der Waals surface area contributed by atoms with Crippen molar-refractivity contribution in [2.45, 2.75) is 31.8 Å². The van der Waals surface area contributed by atoms with Crippen molar-refractivity contribution in [1.29, 1.82) is 0 Å². The zero-order valence-corrected chi connectivity index (χ0v) is 12.3. The Bertz CT molecular complexity index is 490. The maximum atomic E-state index is 12.1. The van der Waals surface area contributed by atoms with Gasteiger partial charge in [0.2, 0.25) is 5.91 Å². The minimum atomic E-state index is -0.213. The van der Waals surface area contributed by atoms with Gasteiger partial charge in [-0.25, -0.2) is 0 Å². The van der Waals surface area contributed by atoms with Gasteiger partial charge in [0.1, 0.15) is 11.5 Å². The number of hydrogen-bond donors (Lipinski definition) is 1. The van der Waals surface area contributed by atoms with E-state index in [-0.39, 0.29) is 18.0 Å². The van der Waals surface area contributed by atoms with Crippen molar-refractivity contribution in [3.8, 4) is 11.5 Å². The van der Waals surface area contributed by atoms with Gasteiger partial charge in [-0.15, -0.1) is 0 Å². The van der Waals surface area contributed by atoms with E-state index in [0.29, 0.717) is 13.0 Å². The first-order valence-electron chi connectivity index (χ1n) is 6.89. The largest absolute Gasteiger partial charge is 0.497 e. The maximum Gasteiger partial charge on any atom is 0.224 e. The lowest BCUT2D eigenvalue weighted by Crippen LogP contribution is -2.33. The van der Waals surface area contributed by atoms with Crippen molar-refractivity contribution < 1.29 is 14.3 Å². The number of benzene rings is 1. The zero-order valence-electron chi connectivity index (χ0n) is 12.3. The van der Waals surface area contributed by atoms with Crippen LogP contribution in [0, 0.1) is 0 Å². The summed E-state index contributed by atoms with van der Waals surface area (Å²) in [7, 11) is 3.24. The van der Waals surface area contributed by atoms with Gasteiger partial charge in [0.25, 0.3) is 0 Å². The Labute approximate surface area is 119 Å². The maximum absolute atomic E-state index is 12.1. The van der Waals surface area contributed by atoms with Gasteiger partial charge in [-0.3, -0.25) is 4.79 Å². The number of nitrogens with zero attached hydrogens (tertiary/aromatic N) is 1. The molecule has 0 radical (unpaired) electrons. The van der Waals surface area contributed by atoms with Crippen molar-refractivity contribution in [2.24, 2.45) is 5.73 Å². The molecular weight excluding hydrogens is 256 g/mol. The molecule has 1 aromatic rings. The second kappa shape index (κ2) is 6.13. The second-order valence-corrected chi connectivity index (χ2v) is 5.01. The lowest BCUT2D eigenvalue weighted by Gasteiger charge is -2.28. The number of hydrogen-bond acceptors (Lipinski definition) is 4. The lowest BCUT2D eigenvalue weighted by atomic mass is 9.99. The summed E-state index contributed by atoms with van der Waals surface area (Å²) in [6.07, 6.45) is 1.28. The summed E-state index contributed by atoms with van der Waals surface area (Å²) < 4.78 is 10.7. The summed E-state index contributed by atoms with van der Waals surface area (Å²) in [4.78, 5) is 13.9. The molecule has 1 amide bonds. The van der Waals surface area contributed by atoms with Gasteiger partial charge >= 0.3 is 0 Å². The Hall–Kier alpha value is -1.75. The summed E-state index contributed by atoms with van der Waals surface area (Å²) in [6, 6.07) is 5.25. The van der Waals surface area contributed by atoms with Crippen molar-refractivity contribution in [1.82, 2.24) is 4.90 Å². The first-order valence-corrected chi connectivity index (χ1v) is 6.89. The van der Waals surface area contributed by atoms with Crippen LogP contribution in [-0.2, 0) is 4.79 Å². The van der Waals surface area contributed by atoms with Crippen LogP contribution < -0.4 is 15.2 Å². The topological polar surface area (TPSA) is 64.8 Å². The monoisotopic (exact) mass is 278 g/mol.